The molecule has 3 aromatic carbocycles. The minimum atomic E-state index is -1.85. The third-order valence-corrected chi connectivity index (χ3v) is 13.5. The first-order valence-corrected chi connectivity index (χ1v) is 24.2. The van der Waals surface area contributed by atoms with Crippen molar-refractivity contribution >= 4 is 31.9 Å². The van der Waals surface area contributed by atoms with Crippen molar-refractivity contribution in [3.05, 3.63) is 124 Å². The van der Waals surface area contributed by atoms with Crippen LogP contribution in [0, 0.1) is 0 Å². The summed E-state index contributed by atoms with van der Waals surface area (Å²) in [6.07, 6.45) is 10.3. The first kappa shape index (κ1) is 43.7. The Hall–Kier alpha value is -4.05. The van der Waals surface area contributed by atoms with Crippen LogP contribution >= 0.6 is 11.8 Å². The molecule has 1 amide bonds. The molecule has 7 nitrogen and oxygen atoms in total. The lowest BCUT2D eigenvalue weighted by atomic mass is 9.98. The molecule has 4 rings (SSSR count). The van der Waals surface area contributed by atoms with Gasteiger partial charge >= 0.3 is 12.1 Å². The zero-order valence-corrected chi connectivity index (χ0v) is 35.7. The molecule has 0 spiro atoms. The number of alkyl carbamates (subject to hydrolysis) is 1. The number of allylic oxidation sites excluding steroid dienone is 5. The van der Waals surface area contributed by atoms with E-state index in [1.165, 1.54) is 16.7 Å². The number of carbonyl (C=O) groups excluding carboxylic acids is 2. The molecule has 3 aromatic rings. The Labute approximate surface area is 334 Å². The fourth-order valence-electron chi connectivity index (χ4n) is 6.75. The van der Waals surface area contributed by atoms with Crippen LogP contribution in [0.1, 0.15) is 81.5 Å². The van der Waals surface area contributed by atoms with Crippen molar-refractivity contribution in [3.63, 3.8) is 0 Å². The van der Waals surface area contributed by atoms with Gasteiger partial charge in [-0.1, -0.05) is 115 Å². The summed E-state index contributed by atoms with van der Waals surface area (Å²) in [4.78, 5) is 27.2. The molecule has 1 aliphatic carbocycles. The molecule has 296 valence electrons. The number of aliphatic hydroxyl groups excluding tert-OH is 1. The average molecular weight is 784 g/mol. The van der Waals surface area contributed by atoms with Gasteiger partial charge in [0.15, 0.2) is 0 Å². The summed E-state index contributed by atoms with van der Waals surface area (Å²) in [6.45, 7) is 15.9. The predicted molar refractivity (Wildman–Crippen MR) is 231 cm³/mol. The molecule has 0 aliphatic heterocycles. The van der Waals surface area contributed by atoms with Crippen molar-refractivity contribution in [1.82, 2.24) is 5.32 Å². The van der Waals surface area contributed by atoms with Gasteiger partial charge in [-0.05, 0) is 93.3 Å². The largest absolute Gasteiger partial charge is 0.491 e. The number of aliphatic hydroxyl groups is 1. The number of amides is 1. The molecule has 9 heteroatoms. The highest BCUT2D eigenvalue weighted by Crippen LogP contribution is 2.44. The van der Waals surface area contributed by atoms with E-state index in [0.29, 0.717) is 17.3 Å². The van der Waals surface area contributed by atoms with Gasteiger partial charge in [0.1, 0.15) is 25.0 Å². The number of benzene rings is 3. The summed E-state index contributed by atoms with van der Waals surface area (Å²) in [5.41, 5.74) is 9.74. The Morgan fingerprint density at radius 3 is 2.02 bits per heavy atom. The van der Waals surface area contributed by atoms with Crippen molar-refractivity contribution in [1.29, 1.82) is 0 Å². The number of carbonyl (C=O) groups is 2. The number of rotatable bonds is 21. The number of thioether (sulfide) groups is 1. The molecule has 0 bridgehead atoms. The minimum Gasteiger partial charge on any atom is -0.491 e. The van der Waals surface area contributed by atoms with Crippen LogP contribution in [0.5, 0.6) is 5.75 Å². The predicted octanol–water partition coefficient (Wildman–Crippen LogP) is 10.6. The van der Waals surface area contributed by atoms with Gasteiger partial charge in [0.05, 0.1) is 21.3 Å². The number of esters is 1. The first-order valence-electron chi connectivity index (χ1n) is 19.5. The fourth-order valence-corrected chi connectivity index (χ4v) is 9.52. The number of hydrogen-bond acceptors (Lipinski definition) is 7. The third-order valence-electron chi connectivity index (χ3n) is 9.96. The van der Waals surface area contributed by atoms with Gasteiger partial charge in [0.2, 0.25) is 0 Å². The van der Waals surface area contributed by atoms with Crippen molar-refractivity contribution in [2.45, 2.75) is 90.5 Å². The monoisotopic (exact) mass is 783 g/mol. The molecule has 0 fully saturated rings. The van der Waals surface area contributed by atoms with E-state index in [2.05, 4.69) is 95.1 Å². The van der Waals surface area contributed by atoms with Crippen LogP contribution in [0.25, 0.3) is 11.1 Å². The Morgan fingerprint density at radius 2 is 1.42 bits per heavy atom. The van der Waals surface area contributed by atoms with E-state index in [9.17, 15) is 9.59 Å². The maximum Gasteiger partial charge on any atom is 0.407 e. The zero-order chi connectivity index (χ0) is 39.8. The van der Waals surface area contributed by atoms with Crippen LogP contribution in [0.15, 0.2) is 108 Å². The second-order valence-electron chi connectivity index (χ2n) is 15.7. The molecule has 0 saturated heterocycles. The number of ether oxygens (including phenoxy) is 3. The smallest absolute Gasteiger partial charge is 0.407 e. The quantitative estimate of drug-likeness (QED) is 0.0481. The van der Waals surface area contributed by atoms with Crippen LogP contribution in [0.4, 0.5) is 4.79 Å². The normalized spacial score (nSPS) is 14.0. The Balaban J connectivity index is 1.39. The Bertz CT molecular complexity index is 1740. The third kappa shape index (κ3) is 13.9. The minimum absolute atomic E-state index is 0.0293. The van der Waals surface area contributed by atoms with Crippen LogP contribution in [0.2, 0.25) is 19.6 Å². The highest BCUT2D eigenvalue weighted by molar-refractivity contribution is 7.99. The summed E-state index contributed by atoms with van der Waals surface area (Å²) < 4.78 is 17.4. The van der Waals surface area contributed by atoms with Gasteiger partial charge in [-0.2, -0.15) is 11.8 Å². The fraction of sp³-hybridized carbons (Fsp3) is 0.435. The van der Waals surface area contributed by atoms with Crippen molar-refractivity contribution in [2.75, 3.05) is 37.9 Å². The number of nitrogens with one attached hydrogen (secondary N) is 1. The van der Waals surface area contributed by atoms with Gasteiger partial charge < -0.3 is 24.6 Å². The van der Waals surface area contributed by atoms with Crippen molar-refractivity contribution < 1.29 is 28.9 Å². The summed E-state index contributed by atoms with van der Waals surface area (Å²) in [5, 5.41) is 12.0. The van der Waals surface area contributed by atoms with E-state index in [0.717, 1.165) is 53.5 Å². The van der Waals surface area contributed by atoms with Crippen molar-refractivity contribution in [3.8, 4) is 16.9 Å². The van der Waals surface area contributed by atoms with Crippen LogP contribution in [-0.2, 0) is 14.3 Å². The van der Waals surface area contributed by atoms with E-state index in [1.54, 1.807) is 11.8 Å². The lowest BCUT2D eigenvalue weighted by molar-refractivity contribution is -0.145. The maximum atomic E-state index is 13.8. The van der Waals surface area contributed by atoms with Gasteiger partial charge in [0.25, 0.3) is 0 Å². The molecule has 2 N–H and O–H groups in total. The standard InChI is InChI=1S/C46H61NO6SSi/c1-33(2)14-12-15-34(3)16-13-17-35(4)26-29-54-32-43(45(49)52-31-44(55(5,6)7)36-22-24-37(25-23-36)51-28-27-48)47-46(50)53-30-42-40-20-10-8-18-38(40)39-19-9-11-21-41(39)42/h8-11,14,16,18-26,42-44,48H,12-13,15,17,27-32H2,1-7H3,(H,47,50)/b34-16+,35-26+/t43-,44?/m0/s1. The Morgan fingerprint density at radius 1 is 0.818 bits per heavy atom. The molecule has 0 heterocycles. The second-order valence-corrected chi connectivity index (χ2v) is 22.2. The molecule has 55 heavy (non-hydrogen) atoms. The second kappa shape index (κ2) is 21.9. The van der Waals surface area contributed by atoms with Gasteiger partial charge in [-0.15, -0.1) is 0 Å². The number of fused-ring (bicyclic) bond motifs is 3. The van der Waals surface area contributed by atoms with E-state index >= 15 is 0 Å². The molecular weight excluding hydrogens is 723 g/mol. The zero-order valence-electron chi connectivity index (χ0n) is 33.9. The molecule has 1 aliphatic rings. The summed E-state index contributed by atoms with van der Waals surface area (Å²) in [7, 11) is -1.85. The highest BCUT2D eigenvalue weighted by atomic mass is 32.2. The van der Waals surface area contributed by atoms with Gasteiger partial charge in [0, 0.05) is 23.0 Å². The lowest BCUT2D eigenvalue weighted by Crippen LogP contribution is -2.45. The molecule has 0 aromatic heterocycles. The summed E-state index contributed by atoms with van der Waals surface area (Å²) in [5.74, 6) is 1.19. The van der Waals surface area contributed by atoms with Crippen molar-refractivity contribution in [2.24, 2.45) is 0 Å². The summed E-state index contributed by atoms with van der Waals surface area (Å²) >= 11 is 1.59. The first-order chi connectivity index (χ1) is 26.4. The molecule has 0 radical (unpaired) electrons. The maximum absolute atomic E-state index is 13.8. The molecule has 2 atom stereocenters. The Kier molecular flexibility index (Phi) is 17.4. The van der Waals surface area contributed by atoms with Crippen LogP contribution < -0.4 is 10.1 Å². The number of hydrogen-bond donors (Lipinski definition) is 2. The van der Waals surface area contributed by atoms with Crippen LogP contribution in [0.3, 0.4) is 0 Å². The van der Waals surface area contributed by atoms with E-state index in [4.69, 9.17) is 19.3 Å². The lowest BCUT2D eigenvalue weighted by Gasteiger charge is -2.30. The van der Waals surface area contributed by atoms with E-state index in [-0.39, 0.29) is 37.9 Å². The summed E-state index contributed by atoms with van der Waals surface area (Å²) in [6, 6.07) is 23.3. The highest BCUT2D eigenvalue weighted by Gasteiger charge is 2.33. The van der Waals surface area contributed by atoms with E-state index < -0.39 is 26.2 Å². The van der Waals surface area contributed by atoms with Crippen LogP contribution in [-0.4, -0.2) is 69.2 Å². The van der Waals surface area contributed by atoms with E-state index in [1.807, 2.05) is 48.5 Å². The SMILES string of the molecule is CC(C)=CCC/C(C)=C/CC/C(C)=C/CSC[C@H](NC(=O)OCC1c2ccccc2-c2ccccc21)C(=O)OCC(c1ccc(OCCO)cc1)[Si](C)(C)C. The molecular formula is C46H61NO6SSi. The molecule has 1 unspecified atom stereocenters. The molecule has 0 saturated carbocycles. The van der Waals surface area contributed by atoms with Gasteiger partial charge in [-0.25, -0.2) is 9.59 Å². The topological polar surface area (TPSA) is 94.1 Å². The average Bonchev–Trinajstić information content (AvgIpc) is 3.47. The van der Waals surface area contributed by atoms with Gasteiger partial charge in [-0.3, -0.25) is 0 Å².